The fraction of sp³-hybridized carbons (Fsp3) is 0.412. The van der Waals surface area contributed by atoms with E-state index >= 15 is 0 Å². The highest BCUT2D eigenvalue weighted by molar-refractivity contribution is 6.32. The van der Waals surface area contributed by atoms with Gasteiger partial charge in [0.1, 0.15) is 0 Å². The van der Waals surface area contributed by atoms with Gasteiger partial charge in [-0.1, -0.05) is 29.6 Å². The third-order valence-electron chi connectivity index (χ3n) is 4.26. The lowest BCUT2D eigenvalue weighted by atomic mass is 9.99. The smallest absolute Gasteiger partial charge is 0.250 e. The van der Waals surface area contributed by atoms with E-state index in [-0.39, 0.29) is 12.4 Å². The van der Waals surface area contributed by atoms with Crippen molar-refractivity contribution < 1.29 is 14.0 Å². The van der Waals surface area contributed by atoms with Gasteiger partial charge in [0.2, 0.25) is 0 Å². The number of nitrogens with zero attached hydrogens (tertiary/aromatic N) is 2. The molecule has 25 heavy (non-hydrogen) atoms. The van der Waals surface area contributed by atoms with E-state index in [1.54, 1.807) is 26.4 Å². The second kappa shape index (κ2) is 8.08. The summed E-state index contributed by atoms with van der Waals surface area (Å²) in [5, 5.41) is 4.49. The van der Waals surface area contributed by atoms with Crippen LogP contribution in [0.4, 0.5) is 0 Å². The average Bonchev–Trinajstić information content (AvgIpc) is 3.22. The third kappa shape index (κ3) is 4.08. The minimum absolute atomic E-state index is 0. The summed E-state index contributed by atoms with van der Waals surface area (Å²) >= 11 is 6.20. The Morgan fingerprint density at radius 2 is 1.92 bits per heavy atom. The van der Waals surface area contributed by atoms with Crippen molar-refractivity contribution in [3.8, 4) is 11.5 Å². The molecule has 1 aliphatic rings. The number of methoxy groups -OCH3 is 2. The van der Waals surface area contributed by atoms with Crippen LogP contribution < -0.4 is 15.2 Å². The average molecular weight is 386 g/mol. The first-order valence-corrected chi connectivity index (χ1v) is 8.16. The second-order valence-electron chi connectivity index (χ2n) is 5.89. The molecule has 0 aliphatic heterocycles. The minimum atomic E-state index is -0.456. The lowest BCUT2D eigenvalue weighted by Crippen LogP contribution is -2.34. The Morgan fingerprint density at radius 1 is 1.20 bits per heavy atom. The second-order valence-corrected chi connectivity index (χ2v) is 6.30. The van der Waals surface area contributed by atoms with Gasteiger partial charge in [-0.05, 0) is 36.6 Å². The zero-order valence-corrected chi connectivity index (χ0v) is 15.7. The van der Waals surface area contributed by atoms with Crippen molar-refractivity contribution in [2.24, 2.45) is 5.73 Å². The van der Waals surface area contributed by atoms with Crippen molar-refractivity contribution in [1.82, 2.24) is 10.1 Å². The van der Waals surface area contributed by atoms with Crippen LogP contribution in [-0.2, 0) is 5.54 Å². The summed E-state index contributed by atoms with van der Waals surface area (Å²) in [6.45, 7) is 0. The molecular weight excluding hydrogens is 365 g/mol. The summed E-state index contributed by atoms with van der Waals surface area (Å²) in [7, 11) is 3.11. The molecule has 2 N–H and O–H groups in total. The maximum absolute atomic E-state index is 6.33. The summed E-state index contributed by atoms with van der Waals surface area (Å²) in [6, 6.07) is 3.60. The Hall–Kier alpha value is -1.76. The molecular formula is C17H21Cl2N3O3. The van der Waals surface area contributed by atoms with Gasteiger partial charge in [-0.3, -0.25) is 0 Å². The molecule has 1 heterocycles. The molecule has 8 heteroatoms. The predicted molar refractivity (Wildman–Crippen MR) is 99.4 cm³/mol. The van der Waals surface area contributed by atoms with E-state index < -0.39 is 5.54 Å². The van der Waals surface area contributed by atoms with Gasteiger partial charge >= 0.3 is 0 Å². The van der Waals surface area contributed by atoms with Crippen LogP contribution in [-0.4, -0.2) is 24.4 Å². The van der Waals surface area contributed by atoms with Crippen LogP contribution in [0.25, 0.3) is 12.2 Å². The Balaban J connectivity index is 0.00000225. The topological polar surface area (TPSA) is 83.4 Å². The summed E-state index contributed by atoms with van der Waals surface area (Å²) in [5.74, 6) is 2.04. The molecule has 6 nitrogen and oxygen atoms in total. The van der Waals surface area contributed by atoms with Gasteiger partial charge in [0.15, 0.2) is 17.3 Å². The number of nitrogens with two attached hydrogens (primary N) is 1. The molecule has 0 radical (unpaired) electrons. The van der Waals surface area contributed by atoms with Gasteiger partial charge in [-0.25, -0.2) is 0 Å². The molecule has 1 aromatic carbocycles. The Bertz CT molecular complexity index is 756. The molecule has 0 bridgehead atoms. The Kier molecular flexibility index (Phi) is 6.32. The van der Waals surface area contributed by atoms with Gasteiger partial charge < -0.3 is 19.7 Å². The molecule has 1 saturated carbocycles. The van der Waals surface area contributed by atoms with E-state index in [4.69, 9.17) is 31.3 Å². The minimum Gasteiger partial charge on any atom is -0.493 e. The predicted octanol–water partition coefficient (Wildman–Crippen LogP) is 4.06. The monoisotopic (exact) mass is 385 g/mol. The number of aromatic nitrogens is 2. The van der Waals surface area contributed by atoms with E-state index in [0.717, 1.165) is 31.2 Å². The first-order chi connectivity index (χ1) is 11.6. The zero-order chi connectivity index (χ0) is 17.2. The van der Waals surface area contributed by atoms with Crippen molar-refractivity contribution in [2.75, 3.05) is 14.2 Å². The number of hydrogen-bond acceptors (Lipinski definition) is 6. The summed E-state index contributed by atoms with van der Waals surface area (Å²) in [4.78, 5) is 4.40. The van der Waals surface area contributed by atoms with Crippen LogP contribution in [0.5, 0.6) is 11.5 Å². The molecule has 3 rings (SSSR count). The van der Waals surface area contributed by atoms with Crippen molar-refractivity contribution in [3.05, 3.63) is 34.4 Å². The van der Waals surface area contributed by atoms with Crippen LogP contribution in [0.1, 0.15) is 43.0 Å². The lowest BCUT2D eigenvalue weighted by molar-refractivity contribution is 0.355. The quantitative estimate of drug-likeness (QED) is 0.834. The van der Waals surface area contributed by atoms with Gasteiger partial charge in [0.25, 0.3) is 5.89 Å². The molecule has 1 aliphatic carbocycles. The molecule has 0 amide bonds. The molecule has 136 valence electrons. The number of rotatable bonds is 5. The molecule has 0 atom stereocenters. The third-order valence-corrected chi connectivity index (χ3v) is 4.54. The molecule has 1 fully saturated rings. The van der Waals surface area contributed by atoms with E-state index in [1.807, 2.05) is 12.1 Å². The van der Waals surface area contributed by atoms with Crippen LogP contribution >= 0.6 is 24.0 Å². The number of benzene rings is 1. The fourth-order valence-electron chi connectivity index (χ4n) is 2.94. The van der Waals surface area contributed by atoms with Crippen LogP contribution in [0.2, 0.25) is 5.02 Å². The van der Waals surface area contributed by atoms with Crippen molar-refractivity contribution >= 4 is 36.2 Å². The standard InChI is InChI=1S/C17H20ClN3O3.ClH/c1-22-13-10-11(9-12(18)15(13)23-2)5-6-14-20-16(21-24-14)17(19)7-3-4-8-17;/h5-6,9-10H,3-4,7-8,19H2,1-2H3;1H/b6-5+;. The molecule has 0 spiro atoms. The normalized spacial score (nSPS) is 16.0. The van der Waals surface area contributed by atoms with Gasteiger partial charge in [-0.2, -0.15) is 4.98 Å². The van der Waals surface area contributed by atoms with Crippen molar-refractivity contribution in [2.45, 2.75) is 31.2 Å². The summed E-state index contributed by atoms with van der Waals surface area (Å²) in [6.07, 6.45) is 7.53. The molecule has 0 saturated heterocycles. The maximum Gasteiger partial charge on any atom is 0.250 e. The SMILES string of the molecule is COc1cc(/C=C/c2nc(C3(N)CCCC3)no2)cc(Cl)c1OC.Cl. The van der Waals surface area contributed by atoms with Crippen LogP contribution in [0.15, 0.2) is 16.7 Å². The van der Waals surface area contributed by atoms with E-state index in [9.17, 15) is 0 Å². The Labute approximate surface area is 157 Å². The van der Waals surface area contributed by atoms with Gasteiger partial charge in [0.05, 0.1) is 24.8 Å². The van der Waals surface area contributed by atoms with Gasteiger partial charge in [0, 0.05) is 6.08 Å². The van der Waals surface area contributed by atoms with Crippen molar-refractivity contribution in [1.29, 1.82) is 0 Å². The molecule has 1 aromatic heterocycles. The Morgan fingerprint density at radius 3 is 2.56 bits per heavy atom. The summed E-state index contributed by atoms with van der Waals surface area (Å²) in [5.41, 5.74) is 6.71. The summed E-state index contributed by atoms with van der Waals surface area (Å²) < 4.78 is 15.8. The number of halogens is 2. The first kappa shape index (κ1) is 19.6. The van der Waals surface area contributed by atoms with E-state index in [1.165, 1.54) is 0 Å². The van der Waals surface area contributed by atoms with Gasteiger partial charge in [-0.15, -0.1) is 12.4 Å². The zero-order valence-electron chi connectivity index (χ0n) is 14.1. The number of hydrogen-bond donors (Lipinski definition) is 1. The van der Waals surface area contributed by atoms with E-state index in [2.05, 4.69) is 10.1 Å². The number of ether oxygens (including phenoxy) is 2. The fourth-order valence-corrected chi connectivity index (χ4v) is 3.23. The highest BCUT2D eigenvalue weighted by Crippen LogP contribution is 2.37. The highest BCUT2D eigenvalue weighted by Gasteiger charge is 2.35. The maximum atomic E-state index is 6.33. The first-order valence-electron chi connectivity index (χ1n) is 7.78. The lowest BCUT2D eigenvalue weighted by Gasteiger charge is -2.17. The highest BCUT2D eigenvalue weighted by atomic mass is 35.5. The van der Waals surface area contributed by atoms with Crippen LogP contribution in [0.3, 0.4) is 0 Å². The molecule has 0 unspecified atom stereocenters. The van der Waals surface area contributed by atoms with E-state index in [0.29, 0.717) is 28.2 Å². The van der Waals surface area contributed by atoms with Crippen LogP contribution in [0, 0.1) is 0 Å². The largest absolute Gasteiger partial charge is 0.493 e. The van der Waals surface area contributed by atoms with Crippen molar-refractivity contribution in [3.63, 3.8) is 0 Å². The molecule has 2 aromatic rings.